The first kappa shape index (κ1) is 96.7. The van der Waals surface area contributed by atoms with E-state index in [-0.39, 0.29) is 32.0 Å². The number of likely N-dealkylation sites (N-methyl/N-ethyl adjacent to an activating group) is 1. The Bertz CT molecular complexity index is 1860. The standard InChI is InChI=1S/C89H168NO8P/c1-6-8-10-12-14-16-18-20-22-24-26-28-30-32-34-36-38-40-42-44-46-47-49-51-53-55-57-59-61-63-65-67-69-71-73-75-77-79-81-88(91)95-85-87(86-97-99(93,94)96-84-83-90(3,4)5)98-89(92)82-80-78-76-74-72-70-68-66-64-62-60-58-56-54-52-50-48-45-43-41-39-37-35-33-31-29-27-25-23-21-19-17-15-13-11-9-7-2/h9,11,15,17,21,23,27,29,33,35,87H,6-8,10,12-14,16,18-20,22,24-26,28,30-32,34,36-86H2,1-5H3/b11-9-,17-15-,23-21-,29-27-,35-33-. The van der Waals surface area contributed by atoms with Crippen LogP contribution in [0.1, 0.15) is 444 Å². The van der Waals surface area contributed by atoms with Crippen molar-refractivity contribution < 1.29 is 42.1 Å². The minimum atomic E-state index is -4.65. The summed E-state index contributed by atoms with van der Waals surface area (Å²) in [5.74, 6) is -0.807. The number of carbonyl (C=O) groups is 2. The van der Waals surface area contributed by atoms with E-state index in [1.807, 2.05) is 21.1 Å². The van der Waals surface area contributed by atoms with Crippen LogP contribution in [0.4, 0.5) is 0 Å². The average molecular weight is 1410 g/mol. The molecule has 2 atom stereocenters. The number of ether oxygens (including phenoxy) is 2. The average Bonchev–Trinajstić information content (AvgIpc) is 0.999. The highest BCUT2D eigenvalue weighted by Crippen LogP contribution is 2.38. The maximum Gasteiger partial charge on any atom is 0.306 e. The van der Waals surface area contributed by atoms with Gasteiger partial charge in [0.05, 0.1) is 27.7 Å². The van der Waals surface area contributed by atoms with E-state index in [0.29, 0.717) is 17.4 Å². The van der Waals surface area contributed by atoms with Crippen LogP contribution in [0.3, 0.4) is 0 Å². The molecule has 0 aromatic heterocycles. The van der Waals surface area contributed by atoms with E-state index in [9.17, 15) is 19.0 Å². The summed E-state index contributed by atoms with van der Waals surface area (Å²) in [6, 6.07) is 0. The predicted molar refractivity (Wildman–Crippen MR) is 430 cm³/mol. The number of hydrogen-bond donors (Lipinski definition) is 0. The third kappa shape index (κ3) is 84.5. The summed E-state index contributed by atoms with van der Waals surface area (Å²) in [7, 11) is 1.19. The van der Waals surface area contributed by atoms with Crippen LogP contribution in [0.25, 0.3) is 0 Å². The maximum atomic E-state index is 12.9. The molecule has 582 valence electrons. The van der Waals surface area contributed by atoms with Gasteiger partial charge in [0.15, 0.2) is 6.10 Å². The quantitative estimate of drug-likeness (QED) is 0.0195. The van der Waals surface area contributed by atoms with Crippen molar-refractivity contribution in [1.82, 2.24) is 0 Å². The van der Waals surface area contributed by atoms with Crippen molar-refractivity contribution in [2.75, 3.05) is 47.5 Å². The molecule has 0 rings (SSSR count). The summed E-state index contributed by atoms with van der Waals surface area (Å²) in [6.07, 6.45) is 108. The van der Waals surface area contributed by atoms with E-state index in [1.54, 1.807) is 0 Å². The van der Waals surface area contributed by atoms with Crippen LogP contribution in [0.15, 0.2) is 60.8 Å². The molecule has 0 aliphatic heterocycles. The van der Waals surface area contributed by atoms with Crippen LogP contribution < -0.4 is 4.89 Å². The monoisotopic (exact) mass is 1410 g/mol. The van der Waals surface area contributed by atoms with E-state index in [1.165, 1.54) is 347 Å². The van der Waals surface area contributed by atoms with Crippen molar-refractivity contribution in [1.29, 1.82) is 0 Å². The largest absolute Gasteiger partial charge is 0.756 e. The molecule has 0 saturated carbocycles. The van der Waals surface area contributed by atoms with Crippen molar-refractivity contribution >= 4 is 19.8 Å². The van der Waals surface area contributed by atoms with Gasteiger partial charge in [0.2, 0.25) is 0 Å². The van der Waals surface area contributed by atoms with Gasteiger partial charge in [0, 0.05) is 12.8 Å². The summed E-state index contributed by atoms with van der Waals surface area (Å²) in [5.41, 5.74) is 0. The van der Waals surface area contributed by atoms with E-state index in [0.717, 1.165) is 64.2 Å². The van der Waals surface area contributed by atoms with Crippen LogP contribution in [0, 0.1) is 0 Å². The van der Waals surface area contributed by atoms with Crippen molar-refractivity contribution in [3.05, 3.63) is 60.8 Å². The smallest absolute Gasteiger partial charge is 0.306 e. The van der Waals surface area contributed by atoms with Gasteiger partial charge in [-0.05, 0) is 57.8 Å². The van der Waals surface area contributed by atoms with Gasteiger partial charge in [-0.3, -0.25) is 14.2 Å². The third-order valence-corrected chi connectivity index (χ3v) is 20.8. The normalized spacial score (nSPS) is 13.2. The van der Waals surface area contributed by atoms with Crippen LogP contribution in [0.5, 0.6) is 0 Å². The van der Waals surface area contributed by atoms with Gasteiger partial charge in [-0.2, -0.15) is 0 Å². The minimum Gasteiger partial charge on any atom is -0.756 e. The summed E-state index contributed by atoms with van der Waals surface area (Å²) in [4.78, 5) is 38.2. The van der Waals surface area contributed by atoms with E-state index < -0.39 is 26.5 Å². The highest BCUT2D eigenvalue weighted by molar-refractivity contribution is 7.45. The number of quaternary nitrogens is 1. The lowest BCUT2D eigenvalue weighted by atomic mass is 10.0. The van der Waals surface area contributed by atoms with Gasteiger partial charge in [-0.15, -0.1) is 0 Å². The molecule has 0 aliphatic carbocycles. The Morgan fingerprint density at radius 2 is 0.576 bits per heavy atom. The van der Waals surface area contributed by atoms with Gasteiger partial charge in [0.25, 0.3) is 7.82 Å². The molecule has 0 bridgehead atoms. The Hall–Kier alpha value is -2.29. The molecule has 0 heterocycles. The zero-order valence-electron chi connectivity index (χ0n) is 66.7. The van der Waals surface area contributed by atoms with Gasteiger partial charge >= 0.3 is 11.9 Å². The predicted octanol–water partition coefficient (Wildman–Crippen LogP) is 28.6. The molecule has 0 amide bonds. The first-order valence-electron chi connectivity index (χ1n) is 43.5. The van der Waals surface area contributed by atoms with Gasteiger partial charge in [-0.1, -0.05) is 434 Å². The Kier molecular flexibility index (Phi) is 78.0. The van der Waals surface area contributed by atoms with Crippen LogP contribution >= 0.6 is 7.82 Å². The molecule has 10 heteroatoms. The molecule has 0 aromatic carbocycles. The Morgan fingerprint density at radius 1 is 0.323 bits per heavy atom. The van der Waals surface area contributed by atoms with Crippen molar-refractivity contribution in [2.45, 2.75) is 450 Å². The molecule has 0 radical (unpaired) electrons. The van der Waals surface area contributed by atoms with Crippen molar-refractivity contribution in [3.8, 4) is 0 Å². The Balaban J connectivity index is 3.86. The number of phosphoric ester groups is 1. The Morgan fingerprint density at radius 3 is 0.859 bits per heavy atom. The number of phosphoric acid groups is 1. The molecule has 99 heavy (non-hydrogen) atoms. The zero-order chi connectivity index (χ0) is 71.8. The van der Waals surface area contributed by atoms with Crippen LogP contribution in [-0.4, -0.2) is 70.0 Å². The van der Waals surface area contributed by atoms with E-state index >= 15 is 0 Å². The lowest BCUT2D eigenvalue weighted by Crippen LogP contribution is -2.37. The summed E-state index contributed by atoms with van der Waals surface area (Å²) in [5, 5.41) is 0. The second-order valence-electron chi connectivity index (χ2n) is 30.9. The summed E-state index contributed by atoms with van der Waals surface area (Å²) in [6.45, 7) is 4.21. The van der Waals surface area contributed by atoms with Gasteiger partial charge in [-0.25, -0.2) is 0 Å². The Labute approximate surface area is 616 Å². The highest BCUT2D eigenvalue weighted by atomic mass is 31.2. The topological polar surface area (TPSA) is 111 Å². The molecule has 9 nitrogen and oxygen atoms in total. The first-order chi connectivity index (χ1) is 48.5. The maximum absolute atomic E-state index is 12.9. The number of nitrogens with zero attached hydrogens (tertiary/aromatic N) is 1. The molecule has 0 aliphatic rings. The molecular weight excluding hydrogens is 1240 g/mol. The molecule has 0 aromatic rings. The lowest BCUT2D eigenvalue weighted by molar-refractivity contribution is -0.870. The van der Waals surface area contributed by atoms with E-state index in [4.69, 9.17) is 18.5 Å². The first-order valence-corrected chi connectivity index (χ1v) is 45.0. The fourth-order valence-electron chi connectivity index (χ4n) is 13.2. The molecule has 0 fully saturated rings. The molecule has 0 N–H and O–H groups in total. The zero-order valence-corrected chi connectivity index (χ0v) is 67.6. The summed E-state index contributed by atoms with van der Waals surface area (Å²) >= 11 is 0. The van der Waals surface area contributed by atoms with Gasteiger partial charge in [0.1, 0.15) is 19.8 Å². The minimum absolute atomic E-state index is 0.0280. The fraction of sp³-hybridized carbons (Fsp3) is 0.865. The highest BCUT2D eigenvalue weighted by Gasteiger charge is 2.22. The number of rotatable bonds is 82. The fourth-order valence-corrected chi connectivity index (χ4v) is 14.0. The lowest BCUT2D eigenvalue weighted by Gasteiger charge is -2.28. The number of carbonyl (C=O) groups excluding carboxylic acids is 2. The summed E-state index contributed by atoms with van der Waals surface area (Å²) < 4.78 is 34.5. The number of allylic oxidation sites excluding steroid dienone is 10. The molecule has 0 saturated heterocycles. The second kappa shape index (κ2) is 79.8. The second-order valence-corrected chi connectivity index (χ2v) is 32.3. The van der Waals surface area contributed by atoms with E-state index in [2.05, 4.69) is 74.6 Å². The number of esters is 2. The van der Waals surface area contributed by atoms with Crippen molar-refractivity contribution in [3.63, 3.8) is 0 Å². The third-order valence-electron chi connectivity index (χ3n) is 19.8. The molecule has 2 unspecified atom stereocenters. The number of hydrogen-bond acceptors (Lipinski definition) is 8. The van der Waals surface area contributed by atoms with Crippen molar-refractivity contribution in [2.24, 2.45) is 0 Å². The van der Waals surface area contributed by atoms with Gasteiger partial charge < -0.3 is 27.9 Å². The molecule has 0 spiro atoms. The number of unbranched alkanes of at least 4 members (excludes halogenated alkanes) is 58. The SMILES string of the molecule is CC/C=C\C/C=C\C/C=C\C/C=C\C/C=C\CCCCCCCCCCCCCCCCCCCCCCCC(=O)OC(COC(=O)CCCCCCCCCCCCCCCCCCCCCCCCCCCCCCCCCCCCCCCC)COP(=O)([O-])OCC[N+](C)(C)C. The molecular formula is C89H168NO8P. The van der Waals surface area contributed by atoms with Crippen LogP contribution in [0.2, 0.25) is 0 Å². The van der Waals surface area contributed by atoms with Crippen LogP contribution in [-0.2, 0) is 32.7 Å².